The second-order valence-electron chi connectivity index (χ2n) is 4.72. The highest BCUT2D eigenvalue weighted by Crippen LogP contribution is 2.40. The summed E-state index contributed by atoms with van der Waals surface area (Å²) in [5, 5.41) is 0. The van der Waals surface area contributed by atoms with Crippen LogP contribution in [0.3, 0.4) is 0 Å². The minimum Gasteiger partial charge on any atom is -0.469 e. The van der Waals surface area contributed by atoms with Gasteiger partial charge in [-0.05, 0) is 32.1 Å². The molecule has 0 aromatic rings. The van der Waals surface area contributed by atoms with E-state index in [4.69, 9.17) is 14.2 Å². The van der Waals surface area contributed by atoms with Crippen LogP contribution in [0.25, 0.3) is 0 Å². The number of hydrogen-bond donors (Lipinski definition) is 0. The Morgan fingerprint density at radius 1 is 1.38 bits per heavy atom. The lowest BCUT2D eigenvalue weighted by molar-refractivity contribution is -0.179. The summed E-state index contributed by atoms with van der Waals surface area (Å²) in [6.45, 7) is 1.55. The van der Waals surface area contributed by atoms with Crippen molar-refractivity contribution in [3.63, 3.8) is 0 Å². The van der Waals surface area contributed by atoms with Crippen molar-refractivity contribution in [2.24, 2.45) is 0 Å². The molecule has 4 heteroatoms. The van der Waals surface area contributed by atoms with Gasteiger partial charge in [-0.2, -0.15) is 0 Å². The van der Waals surface area contributed by atoms with Crippen molar-refractivity contribution in [1.82, 2.24) is 0 Å². The van der Waals surface area contributed by atoms with E-state index < -0.39 is 0 Å². The molecule has 4 nitrogen and oxygen atoms in total. The lowest BCUT2D eigenvalue weighted by atomic mass is 9.77. The molecule has 0 bridgehead atoms. The number of hydrogen-bond acceptors (Lipinski definition) is 4. The van der Waals surface area contributed by atoms with E-state index in [2.05, 4.69) is 0 Å². The Balaban J connectivity index is 1.85. The number of ether oxygens (including phenoxy) is 3. The predicted octanol–water partition coefficient (Wildman–Crippen LogP) is 1.67. The molecule has 1 aliphatic heterocycles. The molecule has 1 saturated carbocycles. The molecule has 0 atom stereocenters. The topological polar surface area (TPSA) is 44.8 Å². The highest BCUT2D eigenvalue weighted by atomic mass is 16.5. The molecule has 0 radical (unpaired) electrons. The zero-order valence-corrected chi connectivity index (χ0v) is 9.87. The van der Waals surface area contributed by atoms with Gasteiger partial charge in [0.15, 0.2) is 0 Å². The smallest absolute Gasteiger partial charge is 0.308 e. The summed E-state index contributed by atoms with van der Waals surface area (Å²) >= 11 is 0. The first-order valence-electron chi connectivity index (χ1n) is 6.06. The van der Waals surface area contributed by atoms with Gasteiger partial charge >= 0.3 is 5.97 Å². The highest BCUT2D eigenvalue weighted by molar-refractivity contribution is 5.70. The Bertz CT molecular complexity index is 241. The molecule has 0 spiro atoms. The van der Waals surface area contributed by atoms with E-state index in [-0.39, 0.29) is 17.7 Å². The molecule has 1 saturated heterocycles. The third-order valence-electron chi connectivity index (χ3n) is 3.54. The van der Waals surface area contributed by atoms with Gasteiger partial charge in [-0.25, -0.2) is 0 Å². The van der Waals surface area contributed by atoms with Gasteiger partial charge in [-0.3, -0.25) is 4.79 Å². The first-order chi connectivity index (χ1) is 7.74. The Labute approximate surface area is 96.2 Å². The fourth-order valence-corrected chi connectivity index (χ4v) is 2.39. The summed E-state index contributed by atoms with van der Waals surface area (Å²) in [4.78, 5) is 11.3. The van der Waals surface area contributed by atoms with Crippen molar-refractivity contribution in [1.29, 1.82) is 0 Å². The normalized spacial score (nSPS) is 24.8. The molecule has 0 aromatic carbocycles. The van der Waals surface area contributed by atoms with Crippen molar-refractivity contribution >= 4 is 5.97 Å². The van der Waals surface area contributed by atoms with Crippen LogP contribution in [0.15, 0.2) is 0 Å². The van der Waals surface area contributed by atoms with Crippen molar-refractivity contribution < 1.29 is 19.0 Å². The van der Waals surface area contributed by atoms with Crippen LogP contribution < -0.4 is 0 Å². The Hall–Kier alpha value is -0.610. The molecule has 1 aliphatic carbocycles. The summed E-state index contributed by atoms with van der Waals surface area (Å²) in [6.07, 6.45) is 5.69. The minimum absolute atomic E-state index is 0.160. The second-order valence-corrected chi connectivity index (χ2v) is 4.72. The molecular weight excluding hydrogens is 208 g/mol. The van der Waals surface area contributed by atoms with Gasteiger partial charge in [0.1, 0.15) is 0 Å². The predicted molar refractivity (Wildman–Crippen MR) is 58.1 cm³/mol. The SMILES string of the molecule is COC(=O)CC1(OC2CCOCC2)CCC1. The van der Waals surface area contributed by atoms with E-state index in [1.807, 2.05) is 0 Å². The van der Waals surface area contributed by atoms with Gasteiger partial charge in [0.2, 0.25) is 0 Å². The average Bonchev–Trinajstić information content (AvgIpc) is 2.27. The average molecular weight is 228 g/mol. The van der Waals surface area contributed by atoms with Gasteiger partial charge in [0, 0.05) is 13.2 Å². The summed E-state index contributed by atoms with van der Waals surface area (Å²) in [5.74, 6) is -0.160. The van der Waals surface area contributed by atoms with E-state index in [1.165, 1.54) is 7.11 Å². The van der Waals surface area contributed by atoms with Gasteiger partial charge in [-0.1, -0.05) is 0 Å². The van der Waals surface area contributed by atoms with E-state index >= 15 is 0 Å². The van der Waals surface area contributed by atoms with Gasteiger partial charge < -0.3 is 14.2 Å². The van der Waals surface area contributed by atoms with Gasteiger partial charge in [0.05, 0.1) is 25.2 Å². The first kappa shape index (κ1) is 11.9. The third-order valence-corrected chi connectivity index (χ3v) is 3.54. The molecule has 2 aliphatic rings. The fourth-order valence-electron chi connectivity index (χ4n) is 2.39. The lowest BCUT2D eigenvalue weighted by Gasteiger charge is -2.44. The van der Waals surface area contributed by atoms with E-state index in [0.717, 1.165) is 45.3 Å². The highest BCUT2D eigenvalue weighted by Gasteiger charge is 2.42. The zero-order valence-electron chi connectivity index (χ0n) is 9.87. The Kier molecular flexibility index (Phi) is 3.82. The molecule has 2 rings (SSSR count). The largest absolute Gasteiger partial charge is 0.469 e. The monoisotopic (exact) mass is 228 g/mol. The van der Waals surface area contributed by atoms with Crippen LogP contribution in [0.2, 0.25) is 0 Å². The van der Waals surface area contributed by atoms with E-state index in [9.17, 15) is 4.79 Å². The van der Waals surface area contributed by atoms with Crippen LogP contribution in [0.1, 0.15) is 38.5 Å². The molecular formula is C12H20O4. The number of carbonyl (C=O) groups is 1. The molecule has 0 unspecified atom stereocenters. The maximum Gasteiger partial charge on any atom is 0.308 e. The third kappa shape index (κ3) is 2.74. The maximum atomic E-state index is 11.3. The molecule has 1 heterocycles. The van der Waals surface area contributed by atoms with Crippen LogP contribution in [-0.2, 0) is 19.0 Å². The summed E-state index contributed by atoms with van der Waals surface area (Å²) in [6, 6.07) is 0. The summed E-state index contributed by atoms with van der Waals surface area (Å²) in [7, 11) is 1.43. The van der Waals surface area contributed by atoms with Crippen LogP contribution in [0.4, 0.5) is 0 Å². The number of methoxy groups -OCH3 is 1. The number of carbonyl (C=O) groups excluding carboxylic acids is 1. The first-order valence-corrected chi connectivity index (χ1v) is 6.06. The maximum absolute atomic E-state index is 11.3. The molecule has 0 amide bonds. The lowest BCUT2D eigenvalue weighted by Crippen LogP contribution is -2.46. The number of esters is 1. The molecule has 92 valence electrons. The number of rotatable bonds is 4. The van der Waals surface area contributed by atoms with E-state index in [0.29, 0.717) is 6.42 Å². The molecule has 2 fully saturated rings. The van der Waals surface area contributed by atoms with Crippen molar-refractivity contribution in [3.05, 3.63) is 0 Å². The van der Waals surface area contributed by atoms with Crippen LogP contribution in [0, 0.1) is 0 Å². The molecule has 0 N–H and O–H groups in total. The Morgan fingerprint density at radius 2 is 2.06 bits per heavy atom. The van der Waals surface area contributed by atoms with E-state index in [1.54, 1.807) is 0 Å². The molecule has 0 aromatic heterocycles. The summed E-state index contributed by atoms with van der Waals surface area (Å²) in [5.41, 5.74) is -0.227. The minimum atomic E-state index is -0.227. The fraction of sp³-hybridized carbons (Fsp3) is 0.917. The van der Waals surface area contributed by atoms with Gasteiger partial charge in [-0.15, -0.1) is 0 Å². The van der Waals surface area contributed by atoms with Crippen molar-refractivity contribution in [2.45, 2.75) is 50.2 Å². The summed E-state index contributed by atoms with van der Waals surface area (Å²) < 4.78 is 16.1. The quantitative estimate of drug-likeness (QED) is 0.687. The zero-order chi connectivity index (χ0) is 11.4. The van der Waals surface area contributed by atoms with Crippen molar-refractivity contribution in [2.75, 3.05) is 20.3 Å². The standard InChI is InChI=1S/C12H20O4/c1-14-11(13)9-12(5-2-6-12)16-10-3-7-15-8-4-10/h10H,2-9H2,1H3. The van der Waals surface area contributed by atoms with Gasteiger partial charge in [0.25, 0.3) is 0 Å². The Morgan fingerprint density at radius 3 is 2.56 bits per heavy atom. The van der Waals surface area contributed by atoms with Crippen LogP contribution >= 0.6 is 0 Å². The second kappa shape index (κ2) is 5.15. The van der Waals surface area contributed by atoms with Crippen LogP contribution in [-0.4, -0.2) is 38.0 Å². The van der Waals surface area contributed by atoms with Crippen LogP contribution in [0.5, 0.6) is 0 Å². The van der Waals surface area contributed by atoms with Crippen molar-refractivity contribution in [3.8, 4) is 0 Å². The molecule has 16 heavy (non-hydrogen) atoms.